The van der Waals surface area contributed by atoms with E-state index in [4.69, 9.17) is 13.8 Å². The van der Waals surface area contributed by atoms with Crippen molar-refractivity contribution in [3.05, 3.63) is 0 Å². The maximum absolute atomic E-state index is 14.2. The van der Waals surface area contributed by atoms with Crippen molar-refractivity contribution < 1.29 is 43.2 Å². The molecule has 1 fully saturated rings. The van der Waals surface area contributed by atoms with E-state index in [1.807, 2.05) is 0 Å². The molecule has 0 radical (unpaired) electrons. The van der Waals surface area contributed by atoms with E-state index in [0.29, 0.717) is 0 Å². The third-order valence-corrected chi connectivity index (χ3v) is 5.21. The van der Waals surface area contributed by atoms with E-state index in [2.05, 4.69) is 0 Å². The van der Waals surface area contributed by atoms with E-state index in [0.717, 1.165) is 0 Å². The highest BCUT2D eigenvalue weighted by atomic mass is 31.2. The van der Waals surface area contributed by atoms with E-state index in [1.165, 1.54) is 13.8 Å². The summed E-state index contributed by atoms with van der Waals surface area (Å²) in [6.07, 6.45) is -8.82. The Morgan fingerprint density at radius 2 is 1.62 bits per heavy atom. The van der Waals surface area contributed by atoms with Gasteiger partial charge in [0.2, 0.25) is 5.91 Å². The third-order valence-electron chi connectivity index (χ3n) is 3.08. The first-order valence-electron chi connectivity index (χ1n) is 6.67. The molecule has 1 heterocycles. The smallest absolute Gasteiger partial charge is 0.364 e. The molecule has 0 spiro atoms. The number of aliphatic hydroxyl groups is 4. The van der Waals surface area contributed by atoms with E-state index in [1.54, 1.807) is 0 Å². The molecule has 0 aliphatic carbocycles. The fourth-order valence-corrected chi connectivity index (χ4v) is 3.59. The Balaban J connectivity index is 2.76. The summed E-state index contributed by atoms with van der Waals surface area (Å²) in [5.74, 6) is -2.10. The molecule has 1 saturated heterocycles. The van der Waals surface area contributed by atoms with Gasteiger partial charge in [0, 0.05) is 6.42 Å². The highest BCUT2D eigenvalue weighted by Gasteiger charge is 2.47. The van der Waals surface area contributed by atoms with Gasteiger partial charge in [0.1, 0.15) is 18.3 Å². The summed E-state index contributed by atoms with van der Waals surface area (Å²) in [6.45, 7) is 2.98. The Hall–Kier alpha value is -0.120. The van der Waals surface area contributed by atoms with E-state index >= 15 is 0 Å². The molecule has 0 amide bonds. The second-order valence-corrected chi connectivity index (χ2v) is 6.74. The van der Waals surface area contributed by atoms with Crippen LogP contribution in [0.4, 0.5) is 4.39 Å². The molecule has 0 bridgehead atoms. The first-order chi connectivity index (χ1) is 9.76. The Kier molecular flexibility index (Phi) is 7.15. The summed E-state index contributed by atoms with van der Waals surface area (Å²) in [5.41, 5.74) is 0. The van der Waals surface area contributed by atoms with Gasteiger partial charge in [-0.05, 0) is 13.8 Å². The van der Waals surface area contributed by atoms with Gasteiger partial charge < -0.3 is 34.2 Å². The molecular weight excluding hydrogens is 310 g/mol. The molecule has 1 aliphatic heterocycles. The van der Waals surface area contributed by atoms with Crippen LogP contribution in [0.25, 0.3) is 0 Å². The number of hydrogen-bond donors (Lipinski definition) is 4. The van der Waals surface area contributed by atoms with Crippen molar-refractivity contribution in [2.45, 2.75) is 56.9 Å². The summed E-state index contributed by atoms with van der Waals surface area (Å²) in [6, 6.07) is 0. The second kappa shape index (κ2) is 7.94. The van der Waals surface area contributed by atoms with Crippen LogP contribution in [0, 0.1) is 0 Å². The highest BCUT2D eigenvalue weighted by molar-refractivity contribution is 7.54. The SMILES string of the molecule is CCOP(=O)(OCC)[C@H](F)C[C@H]1O[C@@H](O)[C@H](O)[C@@H](O)[C@@H]1O. The van der Waals surface area contributed by atoms with Crippen molar-refractivity contribution in [3.8, 4) is 0 Å². The molecule has 0 unspecified atom stereocenters. The number of alkyl halides is 1. The average molecular weight is 332 g/mol. The largest absolute Gasteiger partial charge is 0.388 e. The minimum absolute atomic E-state index is 0.0320. The van der Waals surface area contributed by atoms with Gasteiger partial charge in [-0.2, -0.15) is 0 Å². The molecule has 1 aliphatic rings. The van der Waals surface area contributed by atoms with Crippen molar-refractivity contribution in [3.63, 3.8) is 0 Å². The summed E-state index contributed by atoms with van der Waals surface area (Å²) >= 11 is 0. The van der Waals surface area contributed by atoms with Gasteiger partial charge in [-0.25, -0.2) is 4.39 Å². The molecule has 0 saturated carbocycles. The first-order valence-corrected chi connectivity index (χ1v) is 8.28. The molecule has 1 rings (SSSR count). The van der Waals surface area contributed by atoms with E-state index in [-0.39, 0.29) is 13.2 Å². The molecule has 21 heavy (non-hydrogen) atoms. The molecule has 0 aromatic carbocycles. The molecule has 6 atom stereocenters. The maximum Gasteiger partial charge on any atom is 0.364 e. The van der Waals surface area contributed by atoms with Crippen LogP contribution >= 0.6 is 7.60 Å². The summed E-state index contributed by atoms with van der Waals surface area (Å²) in [5, 5.41) is 37.9. The van der Waals surface area contributed by atoms with Gasteiger partial charge in [0.15, 0.2) is 6.29 Å². The molecule has 4 N–H and O–H groups in total. The molecular formula is C11H22FO8P. The van der Waals surface area contributed by atoms with Gasteiger partial charge in [-0.15, -0.1) is 0 Å². The molecule has 0 aromatic heterocycles. The van der Waals surface area contributed by atoms with Gasteiger partial charge in [-0.1, -0.05) is 0 Å². The standard InChI is InChI=1S/C11H22FO8P/c1-3-18-21(17,19-4-2)7(12)5-6-8(13)9(14)10(15)11(16)20-6/h6-11,13-16H,3-5H2,1-2H3/t6-,7+,8-,9+,10-,11-/m1/s1. The van der Waals surface area contributed by atoms with Crippen LogP contribution in [0.5, 0.6) is 0 Å². The zero-order chi connectivity index (χ0) is 16.2. The zero-order valence-electron chi connectivity index (χ0n) is 11.8. The third kappa shape index (κ3) is 4.43. The monoisotopic (exact) mass is 332 g/mol. The Labute approximate surface area is 122 Å². The van der Waals surface area contributed by atoms with Crippen molar-refractivity contribution in [2.24, 2.45) is 0 Å². The second-order valence-electron chi connectivity index (χ2n) is 4.58. The summed E-state index contributed by atoms with van der Waals surface area (Å²) in [4.78, 5) is 0. The minimum atomic E-state index is -4.04. The fraction of sp³-hybridized carbons (Fsp3) is 1.00. The summed E-state index contributed by atoms with van der Waals surface area (Å²) < 4.78 is 40.9. The lowest BCUT2D eigenvalue weighted by Crippen LogP contribution is -2.57. The molecule has 10 heteroatoms. The highest BCUT2D eigenvalue weighted by Crippen LogP contribution is 2.55. The lowest BCUT2D eigenvalue weighted by molar-refractivity contribution is -0.283. The van der Waals surface area contributed by atoms with E-state index < -0.39 is 50.6 Å². The van der Waals surface area contributed by atoms with Gasteiger partial charge in [0.25, 0.3) is 0 Å². The topological polar surface area (TPSA) is 126 Å². The number of rotatable bonds is 7. The normalized spacial score (nSPS) is 35.7. The molecule has 126 valence electrons. The van der Waals surface area contributed by atoms with Crippen LogP contribution in [0.2, 0.25) is 0 Å². The lowest BCUT2D eigenvalue weighted by Gasteiger charge is -2.39. The van der Waals surface area contributed by atoms with Crippen molar-refractivity contribution in [2.75, 3.05) is 13.2 Å². The number of halogens is 1. The van der Waals surface area contributed by atoms with Gasteiger partial charge in [0.05, 0.1) is 19.3 Å². The van der Waals surface area contributed by atoms with Crippen LogP contribution < -0.4 is 0 Å². The number of ether oxygens (including phenoxy) is 1. The van der Waals surface area contributed by atoms with Crippen molar-refractivity contribution in [1.29, 1.82) is 0 Å². The van der Waals surface area contributed by atoms with Crippen LogP contribution in [0.3, 0.4) is 0 Å². The fourth-order valence-electron chi connectivity index (χ4n) is 2.01. The number of hydrogen-bond acceptors (Lipinski definition) is 8. The Morgan fingerprint density at radius 3 is 2.10 bits per heavy atom. The molecule has 8 nitrogen and oxygen atoms in total. The quantitative estimate of drug-likeness (QED) is 0.470. The van der Waals surface area contributed by atoms with Crippen LogP contribution in [-0.2, 0) is 18.3 Å². The number of aliphatic hydroxyl groups excluding tert-OH is 4. The minimum Gasteiger partial charge on any atom is -0.388 e. The predicted octanol–water partition coefficient (Wildman–Crippen LogP) is -0.262. The van der Waals surface area contributed by atoms with Crippen LogP contribution in [0.1, 0.15) is 20.3 Å². The first kappa shape index (κ1) is 18.9. The Bertz CT molecular complexity index is 360. The van der Waals surface area contributed by atoms with Crippen molar-refractivity contribution in [1.82, 2.24) is 0 Å². The van der Waals surface area contributed by atoms with Crippen LogP contribution in [0.15, 0.2) is 0 Å². The predicted molar refractivity (Wildman–Crippen MR) is 69.3 cm³/mol. The lowest BCUT2D eigenvalue weighted by atomic mass is 9.97. The van der Waals surface area contributed by atoms with Gasteiger partial charge in [-0.3, -0.25) is 4.57 Å². The maximum atomic E-state index is 14.2. The van der Waals surface area contributed by atoms with Crippen molar-refractivity contribution >= 4 is 7.60 Å². The van der Waals surface area contributed by atoms with E-state index in [9.17, 15) is 29.4 Å². The molecule has 0 aromatic rings. The summed E-state index contributed by atoms with van der Waals surface area (Å²) in [7, 11) is -4.04. The van der Waals surface area contributed by atoms with Crippen LogP contribution in [-0.4, -0.2) is 70.3 Å². The Morgan fingerprint density at radius 1 is 1.10 bits per heavy atom. The average Bonchev–Trinajstić information content (AvgIpc) is 2.42. The van der Waals surface area contributed by atoms with Gasteiger partial charge >= 0.3 is 7.60 Å². The zero-order valence-corrected chi connectivity index (χ0v) is 12.7.